The van der Waals surface area contributed by atoms with Crippen LogP contribution in [0.4, 0.5) is 0 Å². The largest absolute Gasteiger partial charge is 0.315 e. The van der Waals surface area contributed by atoms with Crippen molar-refractivity contribution in [2.75, 3.05) is 19.6 Å². The summed E-state index contributed by atoms with van der Waals surface area (Å²) >= 11 is 0. The third-order valence-corrected chi connectivity index (χ3v) is 5.58. The van der Waals surface area contributed by atoms with E-state index in [0.29, 0.717) is 0 Å². The molecule has 2 nitrogen and oxygen atoms in total. The summed E-state index contributed by atoms with van der Waals surface area (Å²) in [7, 11) is 0. The number of nitrogens with one attached hydrogen (secondary N) is 1. The van der Waals surface area contributed by atoms with Crippen molar-refractivity contribution < 1.29 is 0 Å². The molecular formula is C15H28N2. The van der Waals surface area contributed by atoms with E-state index in [2.05, 4.69) is 17.1 Å². The van der Waals surface area contributed by atoms with Crippen molar-refractivity contribution in [1.29, 1.82) is 0 Å². The van der Waals surface area contributed by atoms with E-state index in [1.165, 1.54) is 64.6 Å². The van der Waals surface area contributed by atoms with Crippen molar-refractivity contribution in [3.05, 3.63) is 0 Å². The van der Waals surface area contributed by atoms with Crippen LogP contribution in [0, 0.1) is 11.8 Å². The van der Waals surface area contributed by atoms with Crippen LogP contribution in [-0.4, -0.2) is 36.6 Å². The van der Waals surface area contributed by atoms with E-state index in [9.17, 15) is 0 Å². The Labute approximate surface area is 106 Å². The van der Waals surface area contributed by atoms with E-state index in [4.69, 9.17) is 0 Å². The smallest absolute Gasteiger partial charge is 0.0263 e. The number of likely N-dealkylation sites (tertiary alicyclic amines) is 1. The van der Waals surface area contributed by atoms with E-state index in [1.807, 2.05) is 0 Å². The first-order valence-corrected chi connectivity index (χ1v) is 7.82. The maximum atomic E-state index is 3.61. The van der Waals surface area contributed by atoms with Crippen molar-refractivity contribution in [3.8, 4) is 0 Å². The Morgan fingerprint density at radius 1 is 1.00 bits per heavy atom. The minimum absolute atomic E-state index is 0.836. The molecule has 3 unspecified atom stereocenters. The first kappa shape index (κ1) is 12.0. The van der Waals surface area contributed by atoms with Gasteiger partial charge in [-0.05, 0) is 57.5 Å². The fourth-order valence-electron chi connectivity index (χ4n) is 4.50. The van der Waals surface area contributed by atoms with Gasteiger partial charge in [-0.25, -0.2) is 0 Å². The molecule has 2 heterocycles. The zero-order chi connectivity index (χ0) is 11.7. The normalized spacial score (nSPS) is 37.9. The average Bonchev–Trinajstić information content (AvgIpc) is 2.87. The summed E-state index contributed by atoms with van der Waals surface area (Å²) in [5.74, 6) is 1.94. The molecule has 2 saturated heterocycles. The van der Waals surface area contributed by atoms with Gasteiger partial charge in [0.15, 0.2) is 0 Å². The summed E-state index contributed by atoms with van der Waals surface area (Å²) in [5, 5.41) is 3.61. The van der Waals surface area contributed by atoms with Gasteiger partial charge in [-0.2, -0.15) is 0 Å². The first-order valence-electron chi connectivity index (χ1n) is 7.82. The highest BCUT2D eigenvalue weighted by atomic mass is 15.2. The van der Waals surface area contributed by atoms with E-state index in [0.717, 1.165) is 23.9 Å². The minimum Gasteiger partial charge on any atom is -0.315 e. The lowest BCUT2D eigenvalue weighted by atomic mass is 9.81. The molecule has 3 atom stereocenters. The monoisotopic (exact) mass is 236 g/mol. The molecule has 0 aromatic carbocycles. The topological polar surface area (TPSA) is 15.3 Å². The van der Waals surface area contributed by atoms with Crippen molar-refractivity contribution in [2.45, 2.75) is 64.0 Å². The number of fused-ring (bicyclic) bond motifs is 1. The molecule has 0 bridgehead atoms. The Morgan fingerprint density at radius 3 is 2.65 bits per heavy atom. The van der Waals surface area contributed by atoms with Gasteiger partial charge in [-0.3, -0.25) is 4.90 Å². The molecule has 0 spiro atoms. The Bertz CT molecular complexity index is 247. The summed E-state index contributed by atoms with van der Waals surface area (Å²) in [6.45, 7) is 6.40. The third kappa shape index (κ3) is 2.39. The Morgan fingerprint density at radius 2 is 1.82 bits per heavy atom. The van der Waals surface area contributed by atoms with Crippen LogP contribution in [0.2, 0.25) is 0 Å². The number of piperidine rings is 1. The molecule has 98 valence electrons. The number of hydrogen-bond donors (Lipinski definition) is 1. The zero-order valence-corrected chi connectivity index (χ0v) is 11.3. The van der Waals surface area contributed by atoms with Crippen LogP contribution in [-0.2, 0) is 0 Å². The van der Waals surface area contributed by atoms with Gasteiger partial charge in [-0.15, -0.1) is 0 Å². The summed E-state index contributed by atoms with van der Waals surface area (Å²) in [4.78, 5) is 2.87. The maximum absolute atomic E-state index is 3.61. The second-order valence-electron chi connectivity index (χ2n) is 6.50. The highest BCUT2D eigenvalue weighted by Crippen LogP contribution is 2.34. The first-order chi connectivity index (χ1) is 8.36. The van der Waals surface area contributed by atoms with Gasteiger partial charge in [0.1, 0.15) is 0 Å². The van der Waals surface area contributed by atoms with E-state index >= 15 is 0 Å². The molecule has 3 fully saturated rings. The molecule has 17 heavy (non-hydrogen) atoms. The summed E-state index contributed by atoms with van der Waals surface area (Å²) in [6.07, 6.45) is 10.3. The molecule has 0 radical (unpaired) electrons. The highest BCUT2D eigenvalue weighted by Gasteiger charge is 2.38. The fourth-order valence-corrected chi connectivity index (χ4v) is 4.50. The quantitative estimate of drug-likeness (QED) is 0.793. The highest BCUT2D eigenvalue weighted by molar-refractivity contribution is 4.95. The number of rotatable bonds is 2. The van der Waals surface area contributed by atoms with Crippen molar-refractivity contribution in [3.63, 3.8) is 0 Å². The van der Waals surface area contributed by atoms with Crippen LogP contribution in [0.5, 0.6) is 0 Å². The lowest BCUT2D eigenvalue weighted by molar-refractivity contribution is 0.0457. The molecule has 0 aromatic heterocycles. The predicted octanol–water partition coefficient (Wildman–Crippen LogP) is 2.64. The maximum Gasteiger partial charge on any atom is 0.0263 e. The van der Waals surface area contributed by atoms with Crippen molar-refractivity contribution in [2.24, 2.45) is 11.8 Å². The van der Waals surface area contributed by atoms with E-state index < -0.39 is 0 Å². The second kappa shape index (κ2) is 5.27. The molecule has 2 aliphatic heterocycles. The Kier molecular flexibility index (Phi) is 3.72. The Balaban J connectivity index is 1.65. The SMILES string of the molecule is CC(C1CCCCC1)N1CCCC2CNCC21. The number of nitrogens with zero attached hydrogens (tertiary/aromatic N) is 1. The van der Waals surface area contributed by atoms with Crippen LogP contribution >= 0.6 is 0 Å². The lowest BCUT2D eigenvalue weighted by Crippen LogP contribution is -2.52. The van der Waals surface area contributed by atoms with E-state index in [1.54, 1.807) is 0 Å². The summed E-state index contributed by atoms with van der Waals surface area (Å²) in [5.41, 5.74) is 0. The predicted molar refractivity (Wildman–Crippen MR) is 72.1 cm³/mol. The van der Waals surface area contributed by atoms with Crippen molar-refractivity contribution in [1.82, 2.24) is 10.2 Å². The molecule has 1 aliphatic carbocycles. The fraction of sp³-hybridized carbons (Fsp3) is 1.00. The average molecular weight is 236 g/mol. The molecule has 1 saturated carbocycles. The van der Waals surface area contributed by atoms with Crippen molar-refractivity contribution >= 4 is 0 Å². The van der Waals surface area contributed by atoms with Gasteiger partial charge in [0.2, 0.25) is 0 Å². The minimum atomic E-state index is 0.836. The molecule has 3 rings (SSSR count). The lowest BCUT2D eigenvalue weighted by Gasteiger charge is -2.44. The van der Waals surface area contributed by atoms with Crippen LogP contribution in [0.3, 0.4) is 0 Å². The van der Waals surface area contributed by atoms with Gasteiger partial charge in [0.05, 0.1) is 0 Å². The summed E-state index contributed by atoms with van der Waals surface area (Å²) in [6, 6.07) is 1.70. The van der Waals surface area contributed by atoms with Crippen LogP contribution < -0.4 is 5.32 Å². The number of hydrogen-bond acceptors (Lipinski definition) is 2. The molecular weight excluding hydrogens is 208 g/mol. The molecule has 1 N–H and O–H groups in total. The molecule has 0 amide bonds. The van der Waals surface area contributed by atoms with Gasteiger partial charge in [-0.1, -0.05) is 19.3 Å². The van der Waals surface area contributed by atoms with Gasteiger partial charge >= 0.3 is 0 Å². The van der Waals surface area contributed by atoms with Crippen LogP contribution in [0.1, 0.15) is 51.9 Å². The molecule has 2 heteroatoms. The Hall–Kier alpha value is -0.0800. The second-order valence-corrected chi connectivity index (χ2v) is 6.50. The zero-order valence-electron chi connectivity index (χ0n) is 11.3. The molecule has 0 aromatic rings. The van der Waals surface area contributed by atoms with Crippen LogP contribution in [0.25, 0.3) is 0 Å². The molecule has 3 aliphatic rings. The third-order valence-electron chi connectivity index (χ3n) is 5.58. The van der Waals surface area contributed by atoms with Gasteiger partial charge in [0, 0.05) is 18.6 Å². The van der Waals surface area contributed by atoms with Crippen LogP contribution in [0.15, 0.2) is 0 Å². The van der Waals surface area contributed by atoms with Gasteiger partial charge < -0.3 is 5.32 Å². The van der Waals surface area contributed by atoms with Gasteiger partial charge in [0.25, 0.3) is 0 Å². The summed E-state index contributed by atoms with van der Waals surface area (Å²) < 4.78 is 0. The standard InChI is InChI=1S/C15H28N2/c1-12(13-6-3-2-4-7-13)17-9-5-8-14-10-16-11-15(14)17/h12-16H,2-11H2,1H3. The van der Waals surface area contributed by atoms with E-state index in [-0.39, 0.29) is 0 Å².